The van der Waals surface area contributed by atoms with Gasteiger partial charge in [-0.15, -0.1) is 0 Å². The molecule has 1 fully saturated rings. The minimum atomic E-state index is 0.349. The van der Waals surface area contributed by atoms with E-state index in [0.29, 0.717) is 12.1 Å². The molecule has 68 valence electrons. The van der Waals surface area contributed by atoms with Gasteiger partial charge >= 0.3 is 0 Å². The van der Waals surface area contributed by atoms with Gasteiger partial charge in [0.05, 0.1) is 12.6 Å². The lowest BCUT2D eigenvalue weighted by Crippen LogP contribution is -2.32. The average molecular weight is 168 g/mol. The Bertz CT molecular complexity index is 185. The minimum Gasteiger partial charge on any atom is -0.475 e. The summed E-state index contributed by atoms with van der Waals surface area (Å²) in [6.07, 6.45) is 3.86. The van der Waals surface area contributed by atoms with Crippen molar-refractivity contribution in [2.24, 2.45) is 4.99 Å². The third-order valence-corrected chi connectivity index (χ3v) is 2.55. The zero-order chi connectivity index (χ0) is 8.39. The van der Waals surface area contributed by atoms with Crippen LogP contribution in [0.15, 0.2) is 4.99 Å². The van der Waals surface area contributed by atoms with Crippen molar-refractivity contribution in [2.45, 2.75) is 38.3 Å². The van der Waals surface area contributed by atoms with Crippen molar-refractivity contribution in [3.05, 3.63) is 0 Å². The normalized spacial score (nSPS) is 34.9. The van der Waals surface area contributed by atoms with E-state index in [1.165, 1.54) is 12.8 Å². The maximum atomic E-state index is 5.68. The van der Waals surface area contributed by atoms with Gasteiger partial charge in [-0.2, -0.15) is 0 Å². The fraction of sp³-hybridized carbons (Fsp3) is 0.889. The minimum absolute atomic E-state index is 0.349. The van der Waals surface area contributed by atoms with E-state index in [9.17, 15) is 0 Å². The number of aliphatic imine (C=N–C) groups is 1. The predicted octanol–water partition coefficient (Wildman–Crippen LogP) is 0.946. The van der Waals surface area contributed by atoms with E-state index in [-0.39, 0.29) is 0 Å². The van der Waals surface area contributed by atoms with Gasteiger partial charge in [-0.3, -0.25) is 4.99 Å². The molecule has 2 aliphatic rings. The smallest absolute Gasteiger partial charge is 0.201 e. The standard InChI is InChI=1S/C9H16N2O/c1-2-7-6-11-9(12-7)8-4-3-5-10-8/h7-8,10H,2-6H2,1H3. The molecule has 2 aliphatic heterocycles. The molecule has 12 heavy (non-hydrogen) atoms. The molecule has 0 aromatic carbocycles. The van der Waals surface area contributed by atoms with E-state index in [1.54, 1.807) is 0 Å². The highest BCUT2D eigenvalue weighted by atomic mass is 16.5. The molecule has 2 atom stereocenters. The molecule has 0 aromatic heterocycles. The molecule has 1 saturated heterocycles. The second-order valence-electron chi connectivity index (χ2n) is 3.48. The van der Waals surface area contributed by atoms with Crippen LogP contribution in [0.1, 0.15) is 26.2 Å². The molecule has 0 amide bonds. The van der Waals surface area contributed by atoms with Crippen molar-refractivity contribution in [2.75, 3.05) is 13.1 Å². The zero-order valence-electron chi connectivity index (χ0n) is 7.55. The van der Waals surface area contributed by atoms with Crippen LogP contribution in [0.2, 0.25) is 0 Å². The topological polar surface area (TPSA) is 33.6 Å². The highest BCUT2D eigenvalue weighted by molar-refractivity contribution is 5.83. The molecule has 0 bridgehead atoms. The van der Waals surface area contributed by atoms with E-state index in [4.69, 9.17) is 4.74 Å². The van der Waals surface area contributed by atoms with Crippen LogP contribution in [-0.2, 0) is 4.74 Å². The molecule has 2 heterocycles. The van der Waals surface area contributed by atoms with Gasteiger partial charge in [0.25, 0.3) is 0 Å². The van der Waals surface area contributed by atoms with Crippen molar-refractivity contribution in [3.63, 3.8) is 0 Å². The Morgan fingerprint density at radius 3 is 3.17 bits per heavy atom. The number of nitrogens with zero attached hydrogens (tertiary/aromatic N) is 1. The Labute approximate surface area is 73.2 Å². The number of rotatable bonds is 2. The molecule has 0 aliphatic carbocycles. The second-order valence-corrected chi connectivity index (χ2v) is 3.48. The van der Waals surface area contributed by atoms with Crippen LogP contribution in [0, 0.1) is 0 Å². The van der Waals surface area contributed by atoms with Crippen LogP contribution in [0.4, 0.5) is 0 Å². The summed E-state index contributed by atoms with van der Waals surface area (Å²) in [5, 5.41) is 3.39. The SMILES string of the molecule is CCC1CN=C(C2CCCN2)O1. The van der Waals surface area contributed by atoms with Crippen molar-refractivity contribution in [3.8, 4) is 0 Å². The Morgan fingerprint density at radius 1 is 1.67 bits per heavy atom. The van der Waals surface area contributed by atoms with E-state index in [1.807, 2.05) is 0 Å². The van der Waals surface area contributed by atoms with Gasteiger partial charge in [0.2, 0.25) is 5.90 Å². The molecule has 0 spiro atoms. The summed E-state index contributed by atoms with van der Waals surface area (Å²) < 4.78 is 5.68. The van der Waals surface area contributed by atoms with Gasteiger partial charge in [0.1, 0.15) is 6.10 Å². The van der Waals surface area contributed by atoms with E-state index in [0.717, 1.165) is 25.4 Å². The Kier molecular flexibility index (Phi) is 2.30. The fourth-order valence-electron chi connectivity index (χ4n) is 1.74. The molecule has 2 rings (SSSR count). The Hall–Kier alpha value is -0.570. The van der Waals surface area contributed by atoms with Gasteiger partial charge in [-0.05, 0) is 25.8 Å². The van der Waals surface area contributed by atoms with Gasteiger partial charge in [-0.25, -0.2) is 0 Å². The van der Waals surface area contributed by atoms with Crippen molar-refractivity contribution in [1.29, 1.82) is 0 Å². The third-order valence-electron chi connectivity index (χ3n) is 2.55. The summed E-state index contributed by atoms with van der Waals surface area (Å²) in [5.41, 5.74) is 0. The van der Waals surface area contributed by atoms with Gasteiger partial charge < -0.3 is 10.1 Å². The quantitative estimate of drug-likeness (QED) is 0.666. The Morgan fingerprint density at radius 2 is 2.58 bits per heavy atom. The molecule has 0 aromatic rings. The van der Waals surface area contributed by atoms with E-state index >= 15 is 0 Å². The zero-order valence-corrected chi connectivity index (χ0v) is 7.55. The molecule has 0 radical (unpaired) electrons. The van der Waals surface area contributed by atoms with Crippen LogP contribution in [0.3, 0.4) is 0 Å². The van der Waals surface area contributed by atoms with Gasteiger partial charge in [0.15, 0.2) is 0 Å². The lowest BCUT2D eigenvalue weighted by atomic mass is 10.2. The first kappa shape index (κ1) is 8.05. The summed E-state index contributed by atoms with van der Waals surface area (Å²) >= 11 is 0. The predicted molar refractivity (Wildman–Crippen MR) is 48.5 cm³/mol. The summed E-state index contributed by atoms with van der Waals surface area (Å²) in [4.78, 5) is 4.40. The van der Waals surface area contributed by atoms with Crippen molar-refractivity contribution >= 4 is 5.90 Å². The van der Waals surface area contributed by atoms with Crippen LogP contribution in [0.5, 0.6) is 0 Å². The molecular formula is C9H16N2O. The summed E-state index contributed by atoms with van der Waals surface area (Å²) in [7, 11) is 0. The fourth-order valence-corrected chi connectivity index (χ4v) is 1.74. The number of ether oxygens (including phenoxy) is 1. The van der Waals surface area contributed by atoms with Crippen LogP contribution in [0.25, 0.3) is 0 Å². The number of hydrogen-bond donors (Lipinski definition) is 1. The molecule has 3 nitrogen and oxygen atoms in total. The van der Waals surface area contributed by atoms with E-state index < -0.39 is 0 Å². The first-order chi connectivity index (χ1) is 5.90. The molecule has 1 N–H and O–H groups in total. The highest BCUT2D eigenvalue weighted by Crippen LogP contribution is 2.15. The molecule has 2 unspecified atom stereocenters. The summed E-state index contributed by atoms with van der Waals surface area (Å²) in [6, 6.07) is 0.418. The van der Waals surface area contributed by atoms with Crippen LogP contribution >= 0.6 is 0 Å². The van der Waals surface area contributed by atoms with Crippen molar-refractivity contribution < 1.29 is 4.74 Å². The first-order valence-electron chi connectivity index (χ1n) is 4.84. The second kappa shape index (κ2) is 3.44. The maximum Gasteiger partial charge on any atom is 0.201 e. The van der Waals surface area contributed by atoms with E-state index in [2.05, 4.69) is 17.2 Å². The van der Waals surface area contributed by atoms with Crippen LogP contribution < -0.4 is 5.32 Å². The number of nitrogens with one attached hydrogen (secondary N) is 1. The highest BCUT2D eigenvalue weighted by Gasteiger charge is 2.27. The monoisotopic (exact) mass is 168 g/mol. The summed E-state index contributed by atoms with van der Waals surface area (Å²) in [6.45, 7) is 4.12. The van der Waals surface area contributed by atoms with Crippen molar-refractivity contribution in [1.82, 2.24) is 5.32 Å². The maximum absolute atomic E-state index is 5.68. The lowest BCUT2D eigenvalue weighted by molar-refractivity contribution is 0.210. The largest absolute Gasteiger partial charge is 0.475 e. The lowest BCUT2D eigenvalue weighted by Gasteiger charge is -2.12. The molecule has 3 heteroatoms. The average Bonchev–Trinajstić information content (AvgIpc) is 2.75. The molecule has 0 saturated carbocycles. The number of hydrogen-bond acceptors (Lipinski definition) is 3. The third kappa shape index (κ3) is 1.46. The van der Waals surface area contributed by atoms with Crippen LogP contribution in [-0.4, -0.2) is 31.1 Å². The summed E-state index contributed by atoms with van der Waals surface area (Å²) in [5.74, 6) is 0.958. The first-order valence-corrected chi connectivity index (χ1v) is 4.84. The van der Waals surface area contributed by atoms with Gasteiger partial charge in [-0.1, -0.05) is 6.92 Å². The Balaban J connectivity index is 1.89. The van der Waals surface area contributed by atoms with Gasteiger partial charge in [0, 0.05) is 0 Å². The molecular weight excluding hydrogens is 152 g/mol.